The van der Waals surface area contributed by atoms with Crippen LogP contribution in [0.1, 0.15) is 41.6 Å². The average molecular weight is 428 g/mol. The molecule has 2 fully saturated rings. The molecule has 2 aromatic carbocycles. The van der Waals surface area contributed by atoms with Crippen molar-refractivity contribution in [3.8, 4) is 0 Å². The number of nitrogens with zero attached hydrogens (tertiary/aromatic N) is 3. The van der Waals surface area contributed by atoms with Gasteiger partial charge in [0.25, 0.3) is 5.91 Å². The molecule has 7 heteroatoms. The molecule has 0 radical (unpaired) electrons. The van der Waals surface area contributed by atoms with Gasteiger partial charge in [0, 0.05) is 44.5 Å². The van der Waals surface area contributed by atoms with Crippen LogP contribution in [-0.2, 0) is 16.6 Å². The van der Waals surface area contributed by atoms with E-state index in [1.54, 1.807) is 36.2 Å². The highest BCUT2D eigenvalue weighted by Gasteiger charge is 2.28. The van der Waals surface area contributed by atoms with Gasteiger partial charge < -0.3 is 9.80 Å². The van der Waals surface area contributed by atoms with Gasteiger partial charge in [-0.2, -0.15) is 0 Å². The number of sulfonamides is 1. The van der Waals surface area contributed by atoms with Crippen molar-refractivity contribution in [1.29, 1.82) is 0 Å². The zero-order valence-corrected chi connectivity index (χ0v) is 18.3. The number of anilines is 2. The molecule has 2 aliphatic rings. The summed E-state index contributed by atoms with van der Waals surface area (Å²) in [5.41, 5.74) is 3.52. The Hall–Kier alpha value is -2.54. The van der Waals surface area contributed by atoms with E-state index in [9.17, 15) is 13.2 Å². The van der Waals surface area contributed by atoms with Crippen molar-refractivity contribution in [2.75, 3.05) is 41.6 Å². The zero-order valence-electron chi connectivity index (χ0n) is 17.5. The van der Waals surface area contributed by atoms with Crippen LogP contribution in [0.4, 0.5) is 11.4 Å². The molecule has 0 N–H and O–H groups in total. The van der Waals surface area contributed by atoms with E-state index in [4.69, 9.17) is 0 Å². The number of hydrogen-bond donors (Lipinski definition) is 0. The summed E-state index contributed by atoms with van der Waals surface area (Å²) in [4.78, 5) is 16.9. The molecule has 0 atom stereocenters. The monoisotopic (exact) mass is 427 g/mol. The van der Waals surface area contributed by atoms with E-state index in [2.05, 4.69) is 29.2 Å². The Labute approximate surface area is 179 Å². The molecule has 0 spiro atoms. The molecule has 2 aliphatic heterocycles. The van der Waals surface area contributed by atoms with Crippen molar-refractivity contribution in [3.05, 3.63) is 59.7 Å². The minimum Gasteiger partial charge on any atom is -0.372 e. The van der Waals surface area contributed by atoms with Gasteiger partial charge in [0.2, 0.25) is 10.0 Å². The zero-order chi connectivity index (χ0) is 21.1. The van der Waals surface area contributed by atoms with E-state index < -0.39 is 10.0 Å². The maximum atomic E-state index is 12.8. The van der Waals surface area contributed by atoms with Crippen molar-refractivity contribution in [2.45, 2.75) is 32.2 Å². The summed E-state index contributed by atoms with van der Waals surface area (Å²) < 4.78 is 25.6. The van der Waals surface area contributed by atoms with E-state index in [1.807, 2.05) is 0 Å². The molecule has 0 saturated carbocycles. The molecule has 1 amide bonds. The van der Waals surface area contributed by atoms with Crippen molar-refractivity contribution in [3.63, 3.8) is 0 Å². The van der Waals surface area contributed by atoms with E-state index >= 15 is 0 Å². The normalized spacial score (nSPS) is 18.4. The Morgan fingerprint density at radius 3 is 2.10 bits per heavy atom. The van der Waals surface area contributed by atoms with Gasteiger partial charge in [0.05, 0.1) is 11.4 Å². The number of hydrogen-bond acceptors (Lipinski definition) is 4. The Morgan fingerprint density at radius 1 is 0.867 bits per heavy atom. The highest BCUT2D eigenvalue weighted by atomic mass is 32.2. The third-order valence-electron chi connectivity index (χ3n) is 5.93. The van der Waals surface area contributed by atoms with Crippen LogP contribution in [-0.4, -0.2) is 51.7 Å². The molecule has 2 heterocycles. The third kappa shape index (κ3) is 4.46. The molecule has 0 aromatic heterocycles. The summed E-state index contributed by atoms with van der Waals surface area (Å²) in [5, 5.41) is 0. The van der Waals surface area contributed by atoms with Crippen LogP contribution >= 0.6 is 0 Å². The lowest BCUT2D eigenvalue weighted by molar-refractivity contribution is 0.0785. The Morgan fingerprint density at radius 2 is 1.50 bits per heavy atom. The van der Waals surface area contributed by atoms with Crippen LogP contribution in [0.15, 0.2) is 48.5 Å². The molecule has 6 nitrogen and oxygen atoms in total. The fraction of sp³-hybridized carbons (Fsp3) is 0.435. The van der Waals surface area contributed by atoms with Crippen molar-refractivity contribution >= 4 is 27.3 Å². The summed E-state index contributed by atoms with van der Waals surface area (Å²) in [6, 6.07) is 15.3. The molecule has 0 unspecified atom stereocenters. The number of amides is 1. The molecule has 0 aliphatic carbocycles. The molecule has 2 aromatic rings. The summed E-state index contributed by atoms with van der Waals surface area (Å²) in [6.07, 6.45) is 4.46. The van der Waals surface area contributed by atoms with Crippen LogP contribution in [0.5, 0.6) is 0 Å². The molecular weight excluding hydrogens is 398 g/mol. The first-order valence-electron chi connectivity index (χ1n) is 10.6. The van der Waals surface area contributed by atoms with Crippen LogP contribution in [0.3, 0.4) is 0 Å². The van der Waals surface area contributed by atoms with Crippen LogP contribution < -0.4 is 9.21 Å². The molecule has 30 heavy (non-hydrogen) atoms. The minimum absolute atomic E-state index is 0.0778. The maximum absolute atomic E-state index is 12.8. The lowest BCUT2D eigenvalue weighted by Crippen LogP contribution is -2.29. The Bertz CT molecular complexity index is 981. The summed E-state index contributed by atoms with van der Waals surface area (Å²) >= 11 is 0. The lowest BCUT2D eigenvalue weighted by Gasteiger charge is -2.29. The second kappa shape index (κ2) is 8.68. The smallest absolute Gasteiger partial charge is 0.253 e. The number of carbonyl (C=O) groups excluding carboxylic acids is 1. The molecular formula is C23H29N3O3S. The first-order chi connectivity index (χ1) is 14.4. The highest BCUT2D eigenvalue weighted by Crippen LogP contribution is 2.25. The fourth-order valence-electron chi connectivity index (χ4n) is 4.23. The highest BCUT2D eigenvalue weighted by molar-refractivity contribution is 7.93. The van der Waals surface area contributed by atoms with E-state index in [0.29, 0.717) is 30.8 Å². The number of piperidine rings is 1. The first kappa shape index (κ1) is 20.7. The molecule has 4 rings (SSSR count). The first-order valence-corrected chi connectivity index (χ1v) is 12.2. The second-order valence-corrected chi connectivity index (χ2v) is 10.2. The number of carbonyl (C=O) groups is 1. The maximum Gasteiger partial charge on any atom is 0.253 e. The van der Waals surface area contributed by atoms with Crippen molar-refractivity contribution in [2.24, 2.45) is 0 Å². The largest absolute Gasteiger partial charge is 0.372 e. The second-order valence-electron chi connectivity index (χ2n) is 8.16. The van der Waals surface area contributed by atoms with Crippen molar-refractivity contribution < 1.29 is 13.2 Å². The summed E-state index contributed by atoms with van der Waals surface area (Å²) in [7, 11) is -1.42. The summed E-state index contributed by atoms with van der Waals surface area (Å²) in [5.74, 6) is 0.110. The van der Waals surface area contributed by atoms with Crippen LogP contribution in [0.25, 0.3) is 0 Å². The van der Waals surface area contributed by atoms with Gasteiger partial charge in [-0.1, -0.05) is 12.1 Å². The van der Waals surface area contributed by atoms with Gasteiger partial charge in [-0.3, -0.25) is 9.10 Å². The number of benzene rings is 2. The van der Waals surface area contributed by atoms with E-state index in [-0.39, 0.29) is 11.7 Å². The van der Waals surface area contributed by atoms with Crippen LogP contribution in [0.2, 0.25) is 0 Å². The van der Waals surface area contributed by atoms with E-state index in [0.717, 1.165) is 18.7 Å². The topological polar surface area (TPSA) is 60.9 Å². The predicted molar refractivity (Wildman–Crippen MR) is 120 cm³/mol. The van der Waals surface area contributed by atoms with Gasteiger partial charge in [-0.15, -0.1) is 0 Å². The van der Waals surface area contributed by atoms with E-state index in [1.165, 1.54) is 29.3 Å². The third-order valence-corrected chi connectivity index (χ3v) is 7.80. The van der Waals surface area contributed by atoms with Crippen LogP contribution in [0, 0.1) is 0 Å². The molecule has 0 bridgehead atoms. The number of rotatable bonds is 5. The standard InChI is InChI=1S/C23H29N3O3S/c1-24(18-19-6-10-21(11-7-19)25-14-3-2-4-15-25)23(27)20-8-12-22(13-9-20)26-16-5-17-30(26,28)29/h6-13H,2-5,14-18H2,1H3. The Balaban J connectivity index is 1.38. The predicted octanol–water partition coefficient (Wildman–Crippen LogP) is 3.49. The SMILES string of the molecule is CN(Cc1ccc(N2CCCCC2)cc1)C(=O)c1ccc(N2CCCS2(=O)=O)cc1. The Kier molecular flexibility index (Phi) is 5.99. The quantitative estimate of drug-likeness (QED) is 0.733. The van der Waals surface area contributed by atoms with Gasteiger partial charge in [0.15, 0.2) is 0 Å². The van der Waals surface area contributed by atoms with Gasteiger partial charge in [0.1, 0.15) is 0 Å². The average Bonchev–Trinajstić information content (AvgIpc) is 3.13. The summed E-state index contributed by atoms with van der Waals surface area (Å²) in [6.45, 7) is 3.27. The van der Waals surface area contributed by atoms with Crippen molar-refractivity contribution in [1.82, 2.24) is 4.90 Å². The molecule has 2 saturated heterocycles. The fourth-order valence-corrected chi connectivity index (χ4v) is 5.79. The van der Waals surface area contributed by atoms with Gasteiger partial charge >= 0.3 is 0 Å². The minimum atomic E-state index is -3.21. The lowest BCUT2D eigenvalue weighted by atomic mass is 10.1. The van der Waals surface area contributed by atoms with Gasteiger partial charge in [-0.05, 0) is 67.6 Å². The van der Waals surface area contributed by atoms with Gasteiger partial charge in [-0.25, -0.2) is 8.42 Å². The molecule has 160 valence electrons.